The highest BCUT2D eigenvalue weighted by molar-refractivity contribution is 4.91. The lowest BCUT2D eigenvalue weighted by Gasteiger charge is -2.37. The minimum absolute atomic E-state index is 0.341. The molecule has 3 heteroatoms. The number of hydrogen-bond donors (Lipinski definition) is 1. The first-order valence-corrected chi connectivity index (χ1v) is 7.50. The molecule has 0 aromatic carbocycles. The quantitative estimate of drug-likeness (QED) is 0.831. The van der Waals surface area contributed by atoms with Crippen LogP contribution in [0, 0.1) is 5.92 Å². The summed E-state index contributed by atoms with van der Waals surface area (Å²) in [5.41, 5.74) is 0.691. The van der Waals surface area contributed by atoms with E-state index in [1.54, 1.807) is 0 Å². The molecule has 3 nitrogen and oxygen atoms in total. The fraction of sp³-hybridized carbons (Fsp3) is 1.00. The summed E-state index contributed by atoms with van der Waals surface area (Å²) in [7, 11) is 0. The largest absolute Gasteiger partial charge is 0.303 e. The third-order valence-corrected chi connectivity index (χ3v) is 4.74. The maximum Gasteiger partial charge on any atom is 0.0486 e. The van der Waals surface area contributed by atoms with Crippen LogP contribution in [-0.4, -0.2) is 53.7 Å². The highest BCUT2D eigenvalue weighted by Gasteiger charge is 2.36. The first kappa shape index (κ1) is 14.3. The minimum atomic E-state index is 0.341. The van der Waals surface area contributed by atoms with Crippen molar-refractivity contribution in [2.45, 2.75) is 58.5 Å². The van der Waals surface area contributed by atoms with Gasteiger partial charge < -0.3 is 5.32 Å². The van der Waals surface area contributed by atoms with Gasteiger partial charge in [-0.3, -0.25) is 9.80 Å². The molecule has 0 aromatic rings. The van der Waals surface area contributed by atoms with Crippen LogP contribution < -0.4 is 5.32 Å². The molecule has 0 aliphatic carbocycles. The number of likely N-dealkylation sites (tertiary alicyclic amines) is 1. The van der Waals surface area contributed by atoms with Crippen molar-refractivity contribution in [3.8, 4) is 0 Å². The average Bonchev–Trinajstić information content (AvgIpc) is 2.83. The topological polar surface area (TPSA) is 18.5 Å². The summed E-state index contributed by atoms with van der Waals surface area (Å²) in [6.07, 6.45) is 2.71. The second kappa shape index (κ2) is 5.10. The molecule has 2 heterocycles. The average molecular weight is 253 g/mol. The summed E-state index contributed by atoms with van der Waals surface area (Å²) in [4.78, 5) is 5.25. The van der Waals surface area contributed by atoms with Crippen molar-refractivity contribution in [1.29, 1.82) is 0 Å². The fourth-order valence-electron chi connectivity index (χ4n) is 3.47. The Morgan fingerprint density at radius 1 is 1.06 bits per heavy atom. The van der Waals surface area contributed by atoms with Gasteiger partial charge in [0.1, 0.15) is 0 Å². The molecule has 1 unspecified atom stereocenters. The smallest absolute Gasteiger partial charge is 0.0486 e. The Morgan fingerprint density at radius 2 is 1.78 bits per heavy atom. The maximum absolute atomic E-state index is 3.45. The van der Waals surface area contributed by atoms with Gasteiger partial charge in [0.2, 0.25) is 0 Å². The van der Waals surface area contributed by atoms with E-state index < -0.39 is 0 Å². The Kier molecular flexibility index (Phi) is 4.05. The summed E-state index contributed by atoms with van der Waals surface area (Å²) >= 11 is 0. The van der Waals surface area contributed by atoms with E-state index in [1.165, 1.54) is 32.5 Å². The first-order valence-electron chi connectivity index (χ1n) is 7.50. The van der Waals surface area contributed by atoms with E-state index in [1.807, 2.05) is 0 Å². The third-order valence-electron chi connectivity index (χ3n) is 4.74. The molecule has 106 valence electrons. The van der Waals surface area contributed by atoms with Crippen LogP contribution >= 0.6 is 0 Å². The number of rotatable bonds is 3. The summed E-state index contributed by atoms with van der Waals surface area (Å²) in [6, 6.07) is 0. The van der Waals surface area contributed by atoms with Crippen molar-refractivity contribution >= 4 is 0 Å². The van der Waals surface area contributed by atoms with Crippen LogP contribution in [0.5, 0.6) is 0 Å². The van der Waals surface area contributed by atoms with Gasteiger partial charge in [0, 0.05) is 37.4 Å². The molecule has 2 saturated heterocycles. The normalized spacial score (nSPS) is 28.2. The zero-order valence-electron chi connectivity index (χ0n) is 12.9. The van der Waals surface area contributed by atoms with Crippen molar-refractivity contribution in [3.63, 3.8) is 0 Å². The predicted octanol–water partition coefficient (Wildman–Crippen LogP) is 2.14. The molecule has 1 N–H and O–H groups in total. The summed E-state index contributed by atoms with van der Waals surface area (Å²) in [6.45, 7) is 17.9. The van der Waals surface area contributed by atoms with Crippen molar-refractivity contribution in [1.82, 2.24) is 15.1 Å². The molecular formula is C15H31N3. The van der Waals surface area contributed by atoms with Gasteiger partial charge in [-0.1, -0.05) is 0 Å². The highest BCUT2D eigenvalue weighted by Crippen LogP contribution is 2.32. The molecule has 1 atom stereocenters. The standard InChI is InChI=1S/C15H31N3/c1-14(2,3)17-8-6-13(11-17)10-15(4,5)18-9-7-16-12-18/h13,16H,6-12H2,1-5H3. The second-order valence-electron chi connectivity index (χ2n) is 7.71. The molecular weight excluding hydrogens is 222 g/mol. The van der Waals surface area contributed by atoms with Gasteiger partial charge in [-0.2, -0.15) is 0 Å². The Labute approximate surface area is 113 Å². The summed E-state index contributed by atoms with van der Waals surface area (Å²) in [5, 5.41) is 3.45. The zero-order chi connectivity index (χ0) is 13.4. The van der Waals surface area contributed by atoms with Crippen molar-refractivity contribution < 1.29 is 0 Å². The highest BCUT2D eigenvalue weighted by atomic mass is 15.3. The van der Waals surface area contributed by atoms with E-state index >= 15 is 0 Å². The zero-order valence-corrected chi connectivity index (χ0v) is 12.9. The molecule has 2 aliphatic rings. The van der Waals surface area contributed by atoms with Gasteiger partial charge in [-0.05, 0) is 59.9 Å². The van der Waals surface area contributed by atoms with E-state index in [0.29, 0.717) is 11.1 Å². The van der Waals surface area contributed by atoms with Gasteiger partial charge >= 0.3 is 0 Å². The van der Waals surface area contributed by atoms with Gasteiger partial charge in [-0.25, -0.2) is 0 Å². The number of hydrogen-bond acceptors (Lipinski definition) is 3. The second-order valence-corrected chi connectivity index (χ2v) is 7.71. The SMILES string of the molecule is CC(C)(C)N1CCC(CC(C)(C)N2CCNC2)C1. The van der Waals surface area contributed by atoms with Crippen molar-refractivity contribution in [2.75, 3.05) is 32.8 Å². The lowest BCUT2D eigenvalue weighted by molar-refractivity contribution is 0.113. The van der Waals surface area contributed by atoms with Gasteiger partial charge in [0.15, 0.2) is 0 Å². The predicted molar refractivity (Wildman–Crippen MR) is 77.7 cm³/mol. The molecule has 0 radical (unpaired) electrons. The molecule has 0 spiro atoms. The van der Waals surface area contributed by atoms with E-state index in [9.17, 15) is 0 Å². The molecule has 2 rings (SSSR count). The number of nitrogens with one attached hydrogen (secondary N) is 1. The van der Waals surface area contributed by atoms with Gasteiger partial charge in [-0.15, -0.1) is 0 Å². The van der Waals surface area contributed by atoms with E-state index in [-0.39, 0.29) is 0 Å². The molecule has 2 fully saturated rings. The molecule has 0 amide bonds. The van der Waals surface area contributed by atoms with Crippen LogP contribution in [0.3, 0.4) is 0 Å². The van der Waals surface area contributed by atoms with Crippen LogP contribution in [0.25, 0.3) is 0 Å². The lowest BCUT2D eigenvalue weighted by Crippen LogP contribution is -2.45. The van der Waals surface area contributed by atoms with E-state index in [2.05, 4.69) is 49.7 Å². The van der Waals surface area contributed by atoms with Crippen LogP contribution in [0.15, 0.2) is 0 Å². The molecule has 2 aliphatic heterocycles. The minimum Gasteiger partial charge on any atom is -0.303 e. The number of nitrogens with zero attached hydrogens (tertiary/aromatic N) is 2. The summed E-state index contributed by atoms with van der Waals surface area (Å²) < 4.78 is 0. The summed E-state index contributed by atoms with van der Waals surface area (Å²) in [5.74, 6) is 0.875. The molecule has 0 aromatic heterocycles. The molecule has 0 saturated carbocycles. The Hall–Kier alpha value is -0.120. The monoisotopic (exact) mass is 253 g/mol. The fourth-order valence-corrected chi connectivity index (χ4v) is 3.47. The Balaban J connectivity index is 1.87. The first-order chi connectivity index (χ1) is 8.29. The van der Waals surface area contributed by atoms with Crippen LogP contribution in [0.1, 0.15) is 47.5 Å². The van der Waals surface area contributed by atoms with Crippen LogP contribution in [0.2, 0.25) is 0 Å². The molecule has 18 heavy (non-hydrogen) atoms. The maximum atomic E-state index is 3.45. The van der Waals surface area contributed by atoms with Crippen LogP contribution in [0.4, 0.5) is 0 Å². The molecule has 0 bridgehead atoms. The Bertz CT molecular complexity index is 274. The third kappa shape index (κ3) is 3.25. The van der Waals surface area contributed by atoms with Gasteiger partial charge in [0.25, 0.3) is 0 Å². The van der Waals surface area contributed by atoms with E-state index in [4.69, 9.17) is 0 Å². The van der Waals surface area contributed by atoms with Gasteiger partial charge in [0.05, 0.1) is 0 Å². The van der Waals surface area contributed by atoms with Crippen LogP contribution in [-0.2, 0) is 0 Å². The lowest BCUT2D eigenvalue weighted by atomic mass is 9.88. The Morgan fingerprint density at radius 3 is 2.28 bits per heavy atom. The van der Waals surface area contributed by atoms with Crippen molar-refractivity contribution in [2.24, 2.45) is 5.92 Å². The van der Waals surface area contributed by atoms with E-state index in [0.717, 1.165) is 19.1 Å². The van der Waals surface area contributed by atoms with Crippen molar-refractivity contribution in [3.05, 3.63) is 0 Å².